The second-order valence-electron chi connectivity index (χ2n) is 6.06. The van der Waals surface area contributed by atoms with Crippen LogP contribution in [0.2, 0.25) is 0 Å². The Bertz CT molecular complexity index is 238. The van der Waals surface area contributed by atoms with Gasteiger partial charge in [0.25, 0.3) is 0 Å². The second-order valence-corrected chi connectivity index (χ2v) is 6.06. The molecule has 2 unspecified atom stereocenters. The lowest BCUT2D eigenvalue weighted by Crippen LogP contribution is -2.40. The number of nitrogens with zero attached hydrogens (tertiary/aromatic N) is 1. The number of aliphatic hydroxyl groups is 1. The molecule has 1 saturated carbocycles. The number of likely N-dealkylation sites (N-methyl/N-ethyl adjacent to an activating group) is 1. The monoisotopic (exact) mass is 271 g/mol. The first-order valence-electron chi connectivity index (χ1n) is 7.83. The van der Waals surface area contributed by atoms with Gasteiger partial charge < -0.3 is 19.5 Å². The lowest BCUT2D eigenvalue weighted by Gasteiger charge is -2.32. The molecule has 0 radical (unpaired) electrons. The molecule has 4 nitrogen and oxygen atoms in total. The van der Waals surface area contributed by atoms with Crippen molar-refractivity contribution in [3.05, 3.63) is 0 Å². The zero-order valence-electron chi connectivity index (χ0n) is 12.2. The topological polar surface area (TPSA) is 41.9 Å². The molecule has 0 aromatic rings. The third kappa shape index (κ3) is 5.38. The number of aliphatic hydroxyl groups excluding tert-OH is 1. The van der Waals surface area contributed by atoms with E-state index in [0.29, 0.717) is 19.3 Å². The predicted octanol–water partition coefficient (Wildman–Crippen LogP) is 1.81. The van der Waals surface area contributed by atoms with E-state index in [0.717, 1.165) is 26.0 Å². The first-order chi connectivity index (χ1) is 9.25. The number of ether oxygens (including phenoxy) is 2. The summed E-state index contributed by atoms with van der Waals surface area (Å²) in [5.74, 6) is 0. The molecule has 1 saturated heterocycles. The lowest BCUT2D eigenvalue weighted by atomic mass is 9.94. The highest BCUT2D eigenvalue weighted by atomic mass is 16.5. The van der Waals surface area contributed by atoms with Gasteiger partial charge in [0.15, 0.2) is 0 Å². The van der Waals surface area contributed by atoms with Crippen LogP contribution in [0.15, 0.2) is 0 Å². The van der Waals surface area contributed by atoms with Crippen LogP contribution in [0, 0.1) is 0 Å². The second kappa shape index (κ2) is 8.20. The molecule has 2 aliphatic rings. The minimum absolute atomic E-state index is 0.253. The summed E-state index contributed by atoms with van der Waals surface area (Å²) in [6.45, 7) is 2.64. The Morgan fingerprint density at radius 3 is 2.68 bits per heavy atom. The largest absolute Gasteiger partial charge is 0.389 e. The molecule has 19 heavy (non-hydrogen) atoms. The van der Waals surface area contributed by atoms with E-state index in [1.54, 1.807) is 0 Å². The molecule has 1 aliphatic carbocycles. The third-order valence-electron chi connectivity index (χ3n) is 4.33. The van der Waals surface area contributed by atoms with Crippen molar-refractivity contribution < 1.29 is 14.6 Å². The highest BCUT2D eigenvalue weighted by Crippen LogP contribution is 2.21. The Labute approximate surface area is 117 Å². The summed E-state index contributed by atoms with van der Waals surface area (Å²) in [5.41, 5.74) is 0. The van der Waals surface area contributed by atoms with Crippen LogP contribution in [0.3, 0.4) is 0 Å². The Morgan fingerprint density at radius 2 is 2.00 bits per heavy atom. The van der Waals surface area contributed by atoms with Gasteiger partial charge in [-0.05, 0) is 32.7 Å². The average molecular weight is 271 g/mol. The fourth-order valence-electron chi connectivity index (χ4n) is 3.17. The van der Waals surface area contributed by atoms with Crippen LogP contribution in [-0.2, 0) is 9.47 Å². The first kappa shape index (κ1) is 15.2. The summed E-state index contributed by atoms with van der Waals surface area (Å²) >= 11 is 0. The molecule has 0 bridgehead atoms. The summed E-state index contributed by atoms with van der Waals surface area (Å²) in [7, 11) is 2.12. The standard InChI is InChI=1S/C15H29NO3/c1-16(13-6-3-2-4-7-13)10-14(17)11-18-12-15-8-5-9-19-15/h13-15,17H,2-12H2,1H3. The van der Waals surface area contributed by atoms with Crippen molar-refractivity contribution in [1.82, 2.24) is 4.90 Å². The number of hydrogen-bond donors (Lipinski definition) is 1. The smallest absolute Gasteiger partial charge is 0.0900 e. The number of rotatable bonds is 7. The minimum atomic E-state index is -0.381. The molecule has 4 heteroatoms. The summed E-state index contributed by atoms with van der Waals surface area (Å²) in [4.78, 5) is 2.30. The van der Waals surface area contributed by atoms with Crippen molar-refractivity contribution in [2.24, 2.45) is 0 Å². The van der Waals surface area contributed by atoms with Crippen LogP contribution in [0.25, 0.3) is 0 Å². The van der Waals surface area contributed by atoms with E-state index in [9.17, 15) is 5.11 Å². The van der Waals surface area contributed by atoms with Crippen molar-refractivity contribution in [3.63, 3.8) is 0 Å². The van der Waals surface area contributed by atoms with Gasteiger partial charge in [-0.15, -0.1) is 0 Å². The Hall–Kier alpha value is -0.160. The van der Waals surface area contributed by atoms with E-state index >= 15 is 0 Å². The van der Waals surface area contributed by atoms with Gasteiger partial charge >= 0.3 is 0 Å². The normalized spacial score (nSPS) is 27.0. The zero-order valence-corrected chi connectivity index (χ0v) is 12.2. The van der Waals surface area contributed by atoms with E-state index < -0.39 is 0 Å². The fraction of sp³-hybridized carbons (Fsp3) is 1.00. The van der Waals surface area contributed by atoms with Gasteiger partial charge in [0.05, 0.1) is 25.4 Å². The van der Waals surface area contributed by atoms with Crippen LogP contribution in [0.5, 0.6) is 0 Å². The van der Waals surface area contributed by atoms with Crippen molar-refractivity contribution in [2.45, 2.75) is 63.2 Å². The van der Waals surface area contributed by atoms with Gasteiger partial charge in [0, 0.05) is 19.2 Å². The third-order valence-corrected chi connectivity index (χ3v) is 4.33. The first-order valence-corrected chi connectivity index (χ1v) is 7.83. The summed E-state index contributed by atoms with van der Waals surface area (Å²) < 4.78 is 11.1. The van der Waals surface area contributed by atoms with Gasteiger partial charge in [-0.2, -0.15) is 0 Å². The molecule has 1 N–H and O–H groups in total. The molecule has 112 valence electrons. The summed E-state index contributed by atoms with van der Waals surface area (Å²) in [6.07, 6.45) is 8.70. The van der Waals surface area contributed by atoms with Gasteiger partial charge in [0.2, 0.25) is 0 Å². The maximum atomic E-state index is 10.0. The molecule has 1 aliphatic heterocycles. The molecule has 0 aromatic heterocycles. The molecule has 0 amide bonds. The van der Waals surface area contributed by atoms with Crippen molar-refractivity contribution >= 4 is 0 Å². The number of hydrogen-bond acceptors (Lipinski definition) is 4. The molecular weight excluding hydrogens is 242 g/mol. The van der Waals surface area contributed by atoms with Crippen molar-refractivity contribution in [1.29, 1.82) is 0 Å². The van der Waals surface area contributed by atoms with Crippen molar-refractivity contribution in [2.75, 3.05) is 33.4 Å². The van der Waals surface area contributed by atoms with E-state index in [-0.39, 0.29) is 12.2 Å². The molecule has 0 aromatic carbocycles. The molecule has 0 spiro atoms. The minimum Gasteiger partial charge on any atom is -0.389 e. The molecule has 2 atom stereocenters. The molecule has 2 rings (SSSR count). The Balaban J connectivity index is 1.56. The lowest BCUT2D eigenvalue weighted by molar-refractivity contribution is -0.0272. The van der Waals surface area contributed by atoms with Crippen LogP contribution < -0.4 is 0 Å². The highest BCUT2D eigenvalue weighted by Gasteiger charge is 2.21. The van der Waals surface area contributed by atoms with Gasteiger partial charge in [0.1, 0.15) is 0 Å². The summed E-state index contributed by atoms with van der Waals surface area (Å²) in [5, 5.41) is 10.0. The van der Waals surface area contributed by atoms with Crippen molar-refractivity contribution in [3.8, 4) is 0 Å². The molecule has 1 heterocycles. The van der Waals surface area contributed by atoms with E-state index in [2.05, 4.69) is 11.9 Å². The SMILES string of the molecule is CN(CC(O)COCC1CCCO1)C1CCCCC1. The highest BCUT2D eigenvalue weighted by molar-refractivity contribution is 4.75. The van der Waals surface area contributed by atoms with Gasteiger partial charge in [-0.25, -0.2) is 0 Å². The van der Waals surface area contributed by atoms with Crippen LogP contribution in [-0.4, -0.2) is 61.7 Å². The zero-order chi connectivity index (χ0) is 13.5. The fourth-order valence-corrected chi connectivity index (χ4v) is 3.17. The molecular formula is C15H29NO3. The van der Waals surface area contributed by atoms with E-state index in [1.807, 2.05) is 0 Å². The van der Waals surface area contributed by atoms with E-state index in [1.165, 1.54) is 32.1 Å². The molecule has 2 fully saturated rings. The maximum absolute atomic E-state index is 10.0. The van der Waals surface area contributed by atoms with Crippen LogP contribution in [0.1, 0.15) is 44.9 Å². The van der Waals surface area contributed by atoms with E-state index in [4.69, 9.17) is 9.47 Å². The average Bonchev–Trinajstić information content (AvgIpc) is 2.93. The Kier molecular flexibility index (Phi) is 6.57. The predicted molar refractivity (Wildman–Crippen MR) is 75.3 cm³/mol. The van der Waals surface area contributed by atoms with Crippen LogP contribution in [0.4, 0.5) is 0 Å². The quantitative estimate of drug-likeness (QED) is 0.767. The van der Waals surface area contributed by atoms with Crippen LogP contribution >= 0.6 is 0 Å². The van der Waals surface area contributed by atoms with Gasteiger partial charge in [-0.1, -0.05) is 19.3 Å². The van der Waals surface area contributed by atoms with Gasteiger partial charge in [-0.3, -0.25) is 0 Å². The maximum Gasteiger partial charge on any atom is 0.0900 e. The Morgan fingerprint density at radius 1 is 1.21 bits per heavy atom. The summed E-state index contributed by atoms with van der Waals surface area (Å²) in [6, 6.07) is 0.654.